The maximum absolute atomic E-state index is 13.2. The summed E-state index contributed by atoms with van der Waals surface area (Å²) in [5, 5.41) is 3.37. The Balaban J connectivity index is 1.89. The van der Waals surface area contributed by atoms with Gasteiger partial charge >= 0.3 is 0 Å². The molecule has 2 atom stereocenters. The molecule has 1 aromatic carbocycles. The monoisotopic (exact) mass is 328 g/mol. The van der Waals surface area contributed by atoms with Crippen molar-refractivity contribution >= 4 is 11.7 Å². The van der Waals surface area contributed by atoms with Gasteiger partial charge < -0.3 is 10.2 Å². The zero-order valence-corrected chi connectivity index (χ0v) is 14.1. The molecule has 24 heavy (non-hydrogen) atoms. The van der Waals surface area contributed by atoms with Gasteiger partial charge in [0.2, 0.25) is 5.91 Å². The minimum Gasteiger partial charge on any atom is -0.364 e. The highest BCUT2D eigenvalue weighted by atomic mass is 19.1. The smallest absolute Gasteiger partial charge is 0.225 e. The van der Waals surface area contributed by atoms with Crippen LogP contribution in [0, 0.1) is 12.7 Å². The number of likely N-dealkylation sites (tertiary alicyclic amines) is 1. The van der Waals surface area contributed by atoms with Gasteiger partial charge in [-0.15, -0.1) is 0 Å². The van der Waals surface area contributed by atoms with Crippen LogP contribution in [-0.2, 0) is 11.2 Å². The van der Waals surface area contributed by atoms with Gasteiger partial charge in [0.05, 0.1) is 12.1 Å². The Labute approximate surface area is 140 Å². The molecule has 5 nitrogen and oxygen atoms in total. The average molecular weight is 328 g/mol. The van der Waals surface area contributed by atoms with Crippen LogP contribution in [0.15, 0.2) is 30.3 Å². The lowest BCUT2D eigenvalue weighted by Gasteiger charge is -2.26. The molecule has 2 unspecified atom stereocenters. The highest BCUT2D eigenvalue weighted by molar-refractivity contribution is 5.80. The Morgan fingerprint density at radius 2 is 2.00 bits per heavy atom. The van der Waals surface area contributed by atoms with Crippen molar-refractivity contribution in [1.29, 1.82) is 0 Å². The highest BCUT2D eigenvalue weighted by Gasteiger charge is 2.38. The summed E-state index contributed by atoms with van der Waals surface area (Å²) in [6.07, 6.45) is 1.20. The van der Waals surface area contributed by atoms with Gasteiger partial charge in [0.15, 0.2) is 0 Å². The summed E-state index contributed by atoms with van der Waals surface area (Å²) in [6.45, 7) is 3.90. The number of anilines is 1. The van der Waals surface area contributed by atoms with Gasteiger partial charge in [0, 0.05) is 25.2 Å². The molecule has 0 bridgehead atoms. The molecule has 1 amide bonds. The molecule has 0 saturated carbocycles. The molecule has 3 rings (SSSR count). The number of rotatable bonds is 4. The summed E-state index contributed by atoms with van der Waals surface area (Å²) < 4.78 is 13.2. The van der Waals surface area contributed by atoms with Crippen LogP contribution in [0.3, 0.4) is 0 Å². The van der Waals surface area contributed by atoms with E-state index in [1.54, 1.807) is 24.1 Å². The van der Waals surface area contributed by atoms with Gasteiger partial charge in [-0.25, -0.2) is 14.4 Å². The Bertz CT molecular complexity index is 747. The van der Waals surface area contributed by atoms with E-state index in [9.17, 15) is 9.18 Å². The fourth-order valence-electron chi connectivity index (χ4n) is 3.19. The fraction of sp³-hybridized carbons (Fsp3) is 0.389. The Hall–Kier alpha value is -2.50. The van der Waals surface area contributed by atoms with E-state index < -0.39 is 0 Å². The lowest BCUT2D eigenvalue weighted by Crippen LogP contribution is -2.30. The zero-order valence-electron chi connectivity index (χ0n) is 14.1. The molecule has 1 aromatic heterocycles. The first-order chi connectivity index (χ1) is 11.5. The number of benzene rings is 1. The average Bonchev–Trinajstić information content (AvgIpc) is 2.82. The van der Waals surface area contributed by atoms with E-state index in [1.807, 2.05) is 19.9 Å². The van der Waals surface area contributed by atoms with Crippen molar-refractivity contribution in [3.63, 3.8) is 0 Å². The second kappa shape index (κ2) is 6.55. The van der Waals surface area contributed by atoms with Crippen molar-refractivity contribution in [2.75, 3.05) is 12.4 Å². The van der Waals surface area contributed by atoms with Crippen molar-refractivity contribution < 1.29 is 9.18 Å². The quantitative estimate of drug-likeness (QED) is 0.937. The van der Waals surface area contributed by atoms with Crippen molar-refractivity contribution in [1.82, 2.24) is 14.9 Å². The van der Waals surface area contributed by atoms with Crippen LogP contribution in [0.2, 0.25) is 0 Å². The maximum atomic E-state index is 13.2. The topological polar surface area (TPSA) is 58.1 Å². The highest BCUT2D eigenvalue weighted by Crippen LogP contribution is 2.33. The van der Waals surface area contributed by atoms with Crippen LogP contribution >= 0.6 is 0 Å². The third-order valence-corrected chi connectivity index (χ3v) is 4.38. The third kappa shape index (κ3) is 3.22. The first-order valence-electron chi connectivity index (χ1n) is 8.10. The van der Waals surface area contributed by atoms with Crippen LogP contribution in [0.1, 0.15) is 36.5 Å². The van der Waals surface area contributed by atoms with Crippen LogP contribution < -0.4 is 5.32 Å². The predicted octanol–water partition coefficient (Wildman–Crippen LogP) is 2.87. The van der Waals surface area contributed by atoms with Crippen molar-refractivity contribution in [3.05, 3.63) is 53.2 Å². The number of likely N-dealkylation sites (N-methyl/N-ethyl adjacent to an activating group) is 1. The van der Waals surface area contributed by atoms with E-state index in [2.05, 4.69) is 15.3 Å². The van der Waals surface area contributed by atoms with Crippen LogP contribution in [0.25, 0.3) is 0 Å². The number of carbonyl (C=O) groups excluding carboxylic acids is 1. The number of hydrogen-bond donors (Lipinski definition) is 1. The standard InChI is InChI=1S/C18H21FN4O/c1-4-14-9-16(21-11(2)20-14)22-15-10-17(24)23(3)18(15)12-5-7-13(19)8-6-12/h5-9,15,18H,4,10H2,1-3H3,(H,20,21,22). The molecule has 0 spiro atoms. The molecule has 1 fully saturated rings. The lowest BCUT2D eigenvalue weighted by molar-refractivity contribution is -0.127. The number of nitrogens with zero attached hydrogens (tertiary/aromatic N) is 3. The summed E-state index contributed by atoms with van der Waals surface area (Å²) in [5.41, 5.74) is 1.87. The number of halogens is 1. The maximum Gasteiger partial charge on any atom is 0.225 e. The predicted molar refractivity (Wildman–Crippen MR) is 90.1 cm³/mol. The van der Waals surface area contributed by atoms with Gasteiger partial charge in [-0.3, -0.25) is 4.79 Å². The van der Waals surface area contributed by atoms with Gasteiger partial charge in [-0.1, -0.05) is 19.1 Å². The van der Waals surface area contributed by atoms with Crippen molar-refractivity contribution in [2.24, 2.45) is 0 Å². The fourth-order valence-corrected chi connectivity index (χ4v) is 3.19. The van der Waals surface area contributed by atoms with Gasteiger partial charge in [0.1, 0.15) is 17.5 Å². The van der Waals surface area contributed by atoms with E-state index in [4.69, 9.17) is 0 Å². The Kier molecular flexibility index (Phi) is 4.46. The molecule has 1 aliphatic heterocycles. The molecule has 0 aliphatic carbocycles. The van der Waals surface area contributed by atoms with Crippen LogP contribution in [-0.4, -0.2) is 33.9 Å². The number of aryl methyl sites for hydroxylation is 2. The van der Waals surface area contributed by atoms with E-state index in [0.717, 1.165) is 23.5 Å². The van der Waals surface area contributed by atoms with E-state index in [-0.39, 0.29) is 23.8 Å². The van der Waals surface area contributed by atoms with Crippen LogP contribution in [0.5, 0.6) is 0 Å². The summed E-state index contributed by atoms with van der Waals surface area (Å²) in [6, 6.07) is 7.95. The second-order valence-corrected chi connectivity index (χ2v) is 6.10. The number of hydrogen-bond acceptors (Lipinski definition) is 4. The number of nitrogens with one attached hydrogen (secondary N) is 1. The minimum absolute atomic E-state index is 0.0586. The molecule has 1 saturated heterocycles. The van der Waals surface area contributed by atoms with Gasteiger partial charge in [-0.2, -0.15) is 0 Å². The molecule has 0 radical (unpaired) electrons. The first-order valence-corrected chi connectivity index (χ1v) is 8.10. The molecular weight excluding hydrogens is 307 g/mol. The van der Waals surface area contributed by atoms with Gasteiger partial charge in [-0.05, 0) is 31.0 Å². The Morgan fingerprint density at radius 1 is 1.29 bits per heavy atom. The normalized spacial score (nSPS) is 20.5. The molecule has 126 valence electrons. The minimum atomic E-state index is -0.283. The van der Waals surface area contributed by atoms with Crippen molar-refractivity contribution in [3.8, 4) is 0 Å². The SMILES string of the molecule is CCc1cc(NC2CC(=O)N(C)C2c2ccc(F)cc2)nc(C)n1. The molecule has 1 aliphatic rings. The van der Waals surface area contributed by atoms with Gasteiger partial charge in [0.25, 0.3) is 0 Å². The molecule has 2 aromatic rings. The molecule has 2 heterocycles. The van der Waals surface area contributed by atoms with Crippen LogP contribution in [0.4, 0.5) is 10.2 Å². The third-order valence-electron chi connectivity index (χ3n) is 4.38. The number of carbonyl (C=O) groups is 1. The largest absolute Gasteiger partial charge is 0.364 e. The summed E-state index contributed by atoms with van der Waals surface area (Å²) in [5.74, 6) is 1.20. The second-order valence-electron chi connectivity index (χ2n) is 6.10. The Morgan fingerprint density at radius 3 is 2.67 bits per heavy atom. The molecule has 6 heteroatoms. The zero-order chi connectivity index (χ0) is 17.3. The van der Waals surface area contributed by atoms with E-state index in [0.29, 0.717) is 12.2 Å². The molecular formula is C18H21FN4O. The molecule has 1 N–H and O–H groups in total. The van der Waals surface area contributed by atoms with E-state index >= 15 is 0 Å². The van der Waals surface area contributed by atoms with Crippen molar-refractivity contribution in [2.45, 2.75) is 38.8 Å². The summed E-state index contributed by atoms with van der Waals surface area (Å²) >= 11 is 0. The summed E-state index contributed by atoms with van der Waals surface area (Å²) in [7, 11) is 1.78. The summed E-state index contributed by atoms with van der Waals surface area (Å²) in [4.78, 5) is 22.7. The number of amides is 1. The van der Waals surface area contributed by atoms with E-state index in [1.165, 1.54) is 12.1 Å². The first kappa shape index (κ1) is 16.4. The lowest BCUT2D eigenvalue weighted by atomic mass is 10.00. The number of aromatic nitrogens is 2.